The Balaban J connectivity index is 1.49. The molecule has 2 N–H and O–H groups in total. The van der Waals surface area contributed by atoms with E-state index in [4.69, 9.17) is 9.47 Å². The van der Waals surface area contributed by atoms with Crippen molar-refractivity contribution in [3.05, 3.63) is 36.4 Å². The van der Waals surface area contributed by atoms with Crippen molar-refractivity contribution < 1.29 is 22.7 Å². The number of nitrogens with one attached hydrogen (secondary N) is 2. The maximum absolute atomic E-state index is 12.3. The Morgan fingerprint density at radius 2 is 1.75 bits per heavy atom. The largest absolute Gasteiger partial charge is 0.486 e. The van der Waals surface area contributed by atoms with E-state index in [2.05, 4.69) is 15.6 Å². The first-order chi connectivity index (χ1) is 13.4. The molecule has 4 rings (SSSR count). The number of anilines is 2. The van der Waals surface area contributed by atoms with Gasteiger partial charge >= 0.3 is 6.03 Å². The predicted molar refractivity (Wildman–Crippen MR) is 107 cm³/mol. The van der Waals surface area contributed by atoms with Crippen LogP contribution in [0.4, 0.5) is 16.2 Å². The fourth-order valence-electron chi connectivity index (χ4n) is 2.65. The summed E-state index contributed by atoms with van der Waals surface area (Å²) in [5, 5.41) is 5.47. The number of hydrogen-bond donors (Lipinski definition) is 2. The summed E-state index contributed by atoms with van der Waals surface area (Å²) in [7, 11) is -3.36. The number of amides is 2. The molecule has 0 aliphatic carbocycles. The zero-order valence-electron chi connectivity index (χ0n) is 14.9. The average Bonchev–Trinajstić information content (AvgIpc) is 3.12. The zero-order valence-corrected chi connectivity index (χ0v) is 16.5. The minimum atomic E-state index is -3.36. The molecule has 2 amide bonds. The van der Waals surface area contributed by atoms with Crippen LogP contribution in [0.2, 0.25) is 0 Å². The molecule has 1 aromatic heterocycles. The SMILES string of the molecule is CCS(=O)(=O)c1nc2ccc(NC(=O)Nc3ccc4c(c3)OCCO4)cc2s1. The number of benzene rings is 2. The summed E-state index contributed by atoms with van der Waals surface area (Å²) in [4.78, 5) is 16.5. The van der Waals surface area contributed by atoms with Crippen molar-refractivity contribution in [3.8, 4) is 11.5 Å². The zero-order chi connectivity index (χ0) is 19.7. The second-order valence-corrected chi connectivity index (χ2v) is 9.49. The van der Waals surface area contributed by atoms with E-state index in [1.807, 2.05) is 0 Å². The van der Waals surface area contributed by atoms with Crippen molar-refractivity contribution in [3.63, 3.8) is 0 Å². The van der Waals surface area contributed by atoms with Gasteiger partial charge in [0, 0.05) is 17.4 Å². The van der Waals surface area contributed by atoms with Gasteiger partial charge < -0.3 is 20.1 Å². The molecule has 0 spiro atoms. The Morgan fingerprint density at radius 1 is 1.07 bits per heavy atom. The molecule has 146 valence electrons. The minimum Gasteiger partial charge on any atom is -0.486 e. The highest BCUT2D eigenvalue weighted by Gasteiger charge is 2.18. The quantitative estimate of drug-likeness (QED) is 0.670. The van der Waals surface area contributed by atoms with Gasteiger partial charge in [-0.05, 0) is 30.3 Å². The first-order valence-corrected chi connectivity index (χ1v) is 11.0. The van der Waals surface area contributed by atoms with Crippen molar-refractivity contribution in [2.45, 2.75) is 11.3 Å². The van der Waals surface area contributed by atoms with Gasteiger partial charge in [-0.3, -0.25) is 0 Å². The first-order valence-electron chi connectivity index (χ1n) is 8.55. The van der Waals surface area contributed by atoms with Crippen LogP contribution in [0.15, 0.2) is 40.7 Å². The summed E-state index contributed by atoms with van der Waals surface area (Å²) in [6.45, 7) is 2.55. The lowest BCUT2D eigenvalue weighted by Crippen LogP contribution is -2.20. The molecule has 28 heavy (non-hydrogen) atoms. The van der Waals surface area contributed by atoms with E-state index in [1.165, 1.54) is 0 Å². The highest BCUT2D eigenvalue weighted by Crippen LogP contribution is 2.33. The number of urea groups is 1. The van der Waals surface area contributed by atoms with Gasteiger partial charge in [0.2, 0.25) is 14.2 Å². The van der Waals surface area contributed by atoms with Gasteiger partial charge in [-0.15, -0.1) is 11.3 Å². The van der Waals surface area contributed by atoms with E-state index in [-0.39, 0.29) is 10.1 Å². The van der Waals surface area contributed by atoms with Gasteiger partial charge in [-0.25, -0.2) is 18.2 Å². The van der Waals surface area contributed by atoms with Crippen LogP contribution in [0.1, 0.15) is 6.92 Å². The molecule has 0 bridgehead atoms. The maximum Gasteiger partial charge on any atom is 0.323 e. The molecule has 0 saturated carbocycles. The van der Waals surface area contributed by atoms with Crippen LogP contribution in [-0.2, 0) is 9.84 Å². The summed E-state index contributed by atoms with van der Waals surface area (Å²) in [6.07, 6.45) is 0. The summed E-state index contributed by atoms with van der Waals surface area (Å²) in [5.74, 6) is 1.22. The van der Waals surface area contributed by atoms with E-state index in [0.29, 0.717) is 46.3 Å². The van der Waals surface area contributed by atoms with Crippen LogP contribution in [0, 0.1) is 0 Å². The predicted octanol–water partition coefficient (Wildman–Crippen LogP) is 3.51. The molecule has 3 aromatic rings. The second-order valence-electron chi connectivity index (χ2n) is 6.00. The van der Waals surface area contributed by atoms with E-state index in [0.717, 1.165) is 11.3 Å². The van der Waals surface area contributed by atoms with Crippen LogP contribution in [0.3, 0.4) is 0 Å². The van der Waals surface area contributed by atoms with Crippen LogP contribution in [-0.4, -0.2) is 38.4 Å². The maximum atomic E-state index is 12.3. The van der Waals surface area contributed by atoms with Crippen molar-refractivity contribution in [2.24, 2.45) is 0 Å². The third-order valence-electron chi connectivity index (χ3n) is 4.07. The Labute approximate surface area is 165 Å². The lowest BCUT2D eigenvalue weighted by Gasteiger charge is -2.19. The highest BCUT2D eigenvalue weighted by molar-refractivity contribution is 7.93. The fraction of sp³-hybridized carbons (Fsp3) is 0.222. The molecule has 0 fully saturated rings. The van der Waals surface area contributed by atoms with E-state index >= 15 is 0 Å². The summed E-state index contributed by atoms with van der Waals surface area (Å²) in [6, 6.07) is 9.79. The third kappa shape index (κ3) is 3.73. The molecule has 8 nitrogen and oxygen atoms in total. The van der Waals surface area contributed by atoms with Gasteiger partial charge in [0.25, 0.3) is 0 Å². The first kappa shape index (κ1) is 18.5. The number of carbonyl (C=O) groups excluding carboxylic acids is 1. The molecule has 2 heterocycles. The summed E-state index contributed by atoms with van der Waals surface area (Å²) >= 11 is 1.09. The Morgan fingerprint density at radius 3 is 2.50 bits per heavy atom. The topological polar surface area (TPSA) is 107 Å². The lowest BCUT2D eigenvalue weighted by molar-refractivity contribution is 0.171. The Hall–Kier alpha value is -2.85. The molecule has 0 atom stereocenters. The molecule has 0 unspecified atom stereocenters. The van der Waals surface area contributed by atoms with E-state index in [9.17, 15) is 13.2 Å². The average molecular weight is 419 g/mol. The molecule has 0 radical (unpaired) electrons. The van der Waals surface area contributed by atoms with Crippen LogP contribution >= 0.6 is 11.3 Å². The van der Waals surface area contributed by atoms with Gasteiger partial charge in [-0.2, -0.15) is 0 Å². The number of hydrogen-bond acceptors (Lipinski definition) is 7. The van der Waals surface area contributed by atoms with E-state index in [1.54, 1.807) is 43.3 Å². The standard InChI is InChI=1S/C18H17N3O5S2/c1-2-28(23,24)18-21-13-5-3-12(10-16(13)27-18)20-17(22)19-11-4-6-14-15(9-11)26-8-7-25-14/h3-6,9-10H,2,7-8H2,1H3,(H2,19,20,22). The van der Waals surface area contributed by atoms with Crippen LogP contribution < -0.4 is 20.1 Å². The highest BCUT2D eigenvalue weighted by atomic mass is 32.2. The molecule has 0 saturated heterocycles. The number of sulfone groups is 1. The van der Waals surface area contributed by atoms with Gasteiger partial charge in [-0.1, -0.05) is 6.92 Å². The van der Waals surface area contributed by atoms with Crippen molar-refractivity contribution in [2.75, 3.05) is 29.6 Å². The summed E-state index contributed by atoms with van der Waals surface area (Å²) in [5.41, 5.74) is 1.68. The molecular weight excluding hydrogens is 402 g/mol. The Bertz CT molecular complexity index is 1160. The van der Waals surface area contributed by atoms with Gasteiger partial charge in [0.05, 0.1) is 16.0 Å². The molecule has 10 heteroatoms. The number of thiazole rings is 1. The van der Waals surface area contributed by atoms with Crippen molar-refractivity contribution >= 4 is 48.8 Å². The van der Waals surface area contributed by atoms with Crippen LogP contribution in [0.25, 0.3) is 10.2 Å². The normalized spacial score (nSPS) is 13.3. The van der Waals surface area contributed by atoms with Crippen molar-refractivity contribution in [1.82, 2.24) is 4.98 Å². The molecule has 1 aliphatic rings. The van der Waals surface area contributed by atoms with Gasteiger partial charge in [0.1, 0.15) is 13.2 Å². The number of ether oxygens (including phenoxy) is 2. The summed E-state index contributed by atoms with van der Waals surface area (Å²) < 4.78 is 35.7. The van der Waals surface area contributed by atoms with E-state index < -0.39 is 15.9 Å². The minimum absolute atomic E-state index is 0.00410. The number of fused-ring (bicyclic) bond motifs is 2. The van der Waals surface area contributed by atoms with Crippen molar-refractivity contribution in [1.29, 1.82) is 0 Å². The smallest absolute Gasteiger partial charge is 0.323 e. The monoisotopic (exact) mass is 419 g/mol. The number of carbonyl (C=O) groups is 1. The number of aromatic nitrogens is 1. The molecule has 1 aliphatic heterocycles. The lowest BCUT2D eigenvalue weighted by atomic mass is 10.2. The molecule has 2 aromatic carbocycles. The van der Waals surface area contributed by atoms with Crippen LogP contribution in [0.5, 0.6) is 11.5 Å². The second kappa shape index (κ2) is 7.28. The third-order valence-corrected chi connectivity index (χ3v) is 7.28. The molecular formula is C18H17N3O5S2. The fourth-order valence-corrected chi connectivity index (χ4v) is 5.00. The Kier molecular flexibility index (Phi) is 4.82. The van der Waals surface area contributed by atoms with Gasteiger partial charge in [0.15, 0.2) is 11.5 Å². The number of rotatable bonds is 4. The number of nitrogens with zero attached hydrogens (tertiary/aromatic N) is 1.